The van der Waals surface area contributed by atoms with E-state index in [-0.39, 0.29) is 18.8 Å². The Bertz CT molecular complexity index is 678. The highest BCUT2D eigenvalue weighted by Gasteiger charge is 2.11. The minimum absolute atomic E-state index is 0. The van der Waals surface area contributed by atoms with E-state index in [0.717, 1.165) is 11.1 Å². The summed E-state index contributed by atoms with van der Waals surface area (Å²) in [4.78, 5) is 10.7. The van der Waals surface area contributed by atoms with Crippen LogP contribution < -0.4 is 10.5 Å². The number of halogens is 1. The molecule has 2 aromatic rings. The molecule has 0 aliphatic heterocycles. The maximum Gasteiger partial charge on any atom is 0.320 e. The zero-order valence-corrected chi connectivity index (χ0v) is 13.1. The lowest BCUT2D eigenvalue weighted by atomic mass is 10.1. The average molecular weight is 333 g/mol. The molecule has 2 aromatic carbocycles. The van der Waals surface area contributed by atoms with Crippen molar-refractivity contribution in [3.8, 4) is 11.8 Å². The van der Waals surface area contributed by atoms with Crippen molar-refractivity contribution in [1.29, 1.82) is 5.26 Å². The summed E-state index contributed by atoms with van der Waals surface area (Å²) < 4.78 is 5.64. The molecule has 23 heavy (non-hydrogen) atoms. The first kappa shape index (κ1) is 18.5. The van der Waals surface area contributed by atoms with Gasteiger partial charge < -0.3 is 15.6 Å². The van der Waals surface area contributed by atoms with Gasteiger partial charge in [0.25, 0.3) is 0 Å². The van der Waals surface area contributed by atoms with E-state index in [0.29, 0.717) is 17.9 Å². The van der Waals surface area contributed by atoms with Gasteiger partial charge in [0, 0.05) is 0 Å². The standard InChI is InChI=1S/C17H16N2O3.ClH/c18-10-13-1-3-14(4-2-13)11-22-15-7-5-12(6-8-15)9-16(19)17(20)21;/h1-8,16H,9,11,19H2,(H,20,21);1H/t16-;/m0./s1. The van der Waals surface area contributed by atoms with Crippen LogP contribution >= 0.6 is 12.4 Å². The van der Waals surface area contributed by atoms with Gasteiger partial charge in [-0.15, -0.1) is 12.4 Å². The van der Waals surface area contributed by atoms with Crippen LogP contribution in [0.3, 0.4) is 0 Å². The average Bonchev–Trinajstić information content (AvgIpc) is 2.54. The second kappa shape index (κ2) is 8.79. The smallest absolute Gasteiger partial charge is 0.320 e. The van der Waals surface area contributed by atoms with E-state index in [4.69, 9.17) is 20.8 Å². The zero-order valence-electron chi connectivity index (χ0n) is 12.3. The fourth-order valence-corrected chi connectivity index (χ4v) is 1.91. The van der Waals surface area contributed by atoms with Gasteiger partial charge in [-0.3, -0.25) is 4.79 Å². The molecule has 0 heterocycles. The molecule has 0 radical (unpaired) electrons. The molecule has 3 N–H and O–H groups in total. The number of hydrogen-bond acceptors (Lipinski definition) is 4. The highest BCUT2D eigenvalue weighted by molar-refractivity contribution is 5.85. The van der Waals surface area contributed by atoms with Gasteiger partial charge in [0.05, 0.1) is 11.6 Å². The van der Waals surface area contributed by atoms with Crippen LogP contribution in [-0.2, 0) is 17.8 Å². The summed E-state index contributed by atoms with van der Waals surface area (Å²) in [6.07, 6.45) is 0.283. The summed E-state index contributed by atoms with van der Waals surface area (Å²) in [6.45, 7) is 0.402. The highest BCUT2D eigenvalue weighted by Crippen LogP contribution is 2.15. The van der Waals surface area contributed by atoms with Crippen LogP contribution in [-0.4, -0.2) is 17.1 Å². The number of nitrogens with zero attached hydrogens (tertiary/aromatic N) is 1. The fraction of sp³-hybridized carbons (Fsp3) is 0.176. The summed E-state index contributed by atoms with van der Waals surface area (Å²) in [5, 5.41) is 17.5. The van der Waals surface area contributed by atoms with Crippen LogP contribution in [0.15, 0.2) is 48.5 Å². The van der Waals surface area contributed by atoms with Crippen molar-refractivity contribution in [2.24, 2.45) is 5.73 Å². The lowest BCUT2D eigenvalue weighted by Gasteiger charge is -2.09. The minimum Gasteiger partial charge on any atom is -0.489 e. The third kappa shape index (κ3) is 5.62. The maximum absolute atomic E-state index is 10.7. The molecule has 0 bridgehead atoms. The lowest BCUT2D eigenvalue weighted by Crippen LogP contribution is -2.32. The molecular formula is C17H17ClN2O3. The van der Waals surface area contributed by atoms with Gasteiger partial charge in [-0.2, -0.15) is 5.26 Å². The second-order valence-corrected chi connectivity index (χ2v) is 4.89. The van der Waals surface area contributed by atoms with Crippen LogP contribution in [0.1, 0.15) is 16.7 Å². The van der Waals surface area contributed by atoms with Crippen LogP contribution in [0.25, 0.3) is 0 Å². The number of carbonyl (C=O) groups is 1. The Labute approximate surface area is 140 Å². The van der Waals surface area contributed by atoms with Gasteiger partial charge in [-0.05, 0) is 41.8 Å². The van der Waals surface area contributed by atoms with Crippen LogP contribution in [0.2, 0.25) is 0 Å². The molecule has 120 valence electrons. The summed E-state index contributed by atoms with van der Waals surface area (Å²) in [7, 11) is 0. The SMILES string of the molecule is Cl.N#Cc1ccc(COc2ccc(C[C@H](N)C(=O)O)cc2)cc1. The Hall–Kier alpha value is -2.55. The molecule has 0 unspecified atom stereocenters. The molecule has 0 aliphatic carbocycles. The summed E-state index contributed by atoms with van der Waals surface area (Å²) in [6, 6.07) is 15.5. The van der Waals surface area contributed by atoms with Crippen LogP contribution in [0.5, 0.6) is 5.75 Å². The van der Waals surface area contributed by atoms with Gasteiger partial charge in [0.15, 0.2) is 0 Å². The van der Waals surface area contributed by atoms with Crippen molar-refractivity contribution in [3.05, 3.63) is 65.2 Å². The summed E-state index contributed by atoms with van der Waals surface area (Å²) >= 11 is 0. The number of nitriles is 1. The monoisotopic (exact) mass is 332 g/mol. The van der Waals surface area contributed by atoms with Crippen LogP contribution in [0.4, 0.5) is 0 Å². The van der Waals surface area contributed by atoms with Gasteiger partial charge >= 0.3 is 5.97 Å². The van der Waals surface area contributed by atoms with E-state index in [1.165, 1.54) is 0 Å². The van der Waals surface area contributed by atoms with Crippen molar-refractivity contribution >= 4 is 18.4 Å². The largest absolute Gasteiger partial charge is 0.489 e. The van der Waals surface area contributed by atoms with Gasteiger partial charge in [-0.1, -0.05) is 24.3 Å². The maximum atomic E-state index is 10.7. The number of rotatable bonds is 6. The molecule has 0 fully saturated rings. The van der Waals surface area contributed by atoms with Crippen molar-refractivity contribution in [2.45, 2.75) is 19.1 Å². The Kier molecular flexibility index (Phi) is 7.07. The zero-order chi connectivity index (χ0) is 15.9. The molecule has 0 saturated heterocycles. The number of carboxylic acids is 1. The van der Waals surface area contributed by atoms with E-state index in [1.54, 1.807) is 36.4 Å². The number of nitrogens with two attached hydrogens (primary N) is 1. The highest BCUT2D eigenvalue weighted by atomic mass is 35.5. The minimum atomic E-state index is -1.01. The van der Waals surface area contributed by atoms with Gasteiger partial charge in [0.1, 0.15) is 18.4 Å². The molecule has 0 aromatic heterocycles. The Morgan fingerprint density at radius 2 is 1.70 bits per heavy atom. The van der Waals surface area contributed by atoms with E-state index >= 15 is 0 Å². The summed E-state index contributed by atoms with van der Waals surface area (Å²) in [5.41, 5.74) is 7.92. The van der Waals surface area contributed by atoms with Crippen molar-refractivity contribution < 1.29 is 14.6 Å². The Morgan fingerprint density at radius 3 is 2.22 bits per heavy atom. The number of aliphatic carboxylic acids is 1. The third-order valence-corrected chi connectivity index (χ3v) is 3.18. The molecule has 0 amide bonds. The lowest BCUT2D eigenvalue weighted by molar-refractivity contribution is -0.138. The molecule has 0 saturated carbocycles. The quantitative estimate of drug-likeness (QED) is 0.847. The normalized spacial score (nSPS) is 11.0. The van der Waals surface area contributed by atoms with Crippen molar-refractivity contribution in [1.82, 2.24) is 0 Å². The second-order valence-electron chi connectivity index (χ2n) is 4.89. The van der Waals surface area contributed by atoms with Crippen LogP contribution in [0, 0.1) is 11.3 Å². The predicted octanol–water partition coefficient (Wildman–Crippen LogP) is 2.51. The van der Waals surface area contributed by atoms with Gasteiger partial charge in [-0.25, -0.2) is 0 Å². The first-order valence-corrected chi connectivity index (χ1v) is 6.77. The molecule has 0 aliphatic rings. The molecule has 6 heteroatoms. The number of ether oxygens (including phenoxy) is 1. The fourth-order valence-electron chi connectivity index (χ4n) is 1.91. The van der Waals surface area contributed by atoms with Crippen molar-refractivity contribution in [2.75, 3.05) is 0 Å². The van der Waals surface area contributed by atoms with E-state index in [2.05, 4.69) is 6.07 Å². The van der Waals surface area contributed by atoms with Crippen molar-refractivity contribution in [3.63, 3.8) is 0 Å². The van der Waals surface area contributed by atoms with E-state index in [9.17, 15) is 4.79 Å². The first-order chi connectivity index (χ1) is 10.6. The molecule has 1 atom stereocenters. The first-order valence-electron chi connectivity index (χ1n) is 6.77. The topological polar surface area (TPSA) is 96.3 Å². The molecule has 2 rings (SSSR count). The number of carboxylic acid groups (broad SMARTS) is 1. The third-order valence-electron chi connectivity index (χ3n) is 3.18. The number of benzene rings is 2. The number of hydrogen-bond donors (Lipinski definition) is 2. The Morgan fingerprint density at radius 1 is 1.13 bits per heavy atom. The molecule has 5 nitrogen and oxygen atoms in total. The summed E-state index contributed by atoms with van der Waals surface area (Å²) in [5.74, 6) is -0.321. The molecule has 0 spiro atoms. The Balaban J connectivity index is 0.00000264. The predicted molar refractivity (Wildman–Crippen MR) is 88.5 cm³/mol. The van der Waals surface area contributed by atoms with Gasteiger partial charge in [0.2, 0.25) is 0 Å². The molecular weight excluding hydrogens is 316 g/mol. The van der Waals surface area contributed by atoms with E-state index in [1.807, 2.05) is 12.1 Å². The van der Waals surface area contributed by atoms with E-state index < -0.39 is 12.0 Å².